The molecule has 1 saturated heterocycles. The monoisotopic (exact) mass is 211 g/mol. The molecule has 1 aliphatic heterocycles. The largest absolute Gasteiger partial charge is 0.360 e. The first-order chi connectivity index (χ1) is 7.90. The first-order valence-electron chi connectivity index (χ1n) is 6.38. The number of nitrogens with zero attached hydrogens (tertiary/aromatic N) is 1. The number of anilines is 1. The molecule has 2 bridgehead atoms. The average Bonchev–Trinajstić information content (AvgIpc) is 2.83. The Kier molecular flexibility index (Phi) is 1.61. The van der Waals surface area contributed by atoms with Gasteiger partial charge in [-0.1, -0.05) is 29.8 Å². The van der Waals surface area contributed by atoms with Crippen LogP contribution in [0.2, 0.25) is 0 Å². The molecule has 4 atom stereocenters. The molecule has 4 unspecified atom stereocenters. The van der Waals surface area contributed by atoms with E-state index in [2.05, 4.69) is 48.2 Å². The summed E-state index contributed by atoms with van der Waals surface area (Å²) in [7, 11) is 0. The molecule has 1 heterocycles. The second-order valence-electron chi connectivity index (χ2n) is 5.39. The van der Waals surface area contributed by atoms with E-state index in [1.54, 1.807) is 5.57 Å². The molecule has 2 saturated carbocycles. The van der Waals surface area contributed by atoms with Gasteiger partial charge in [-0.25, -0.2) is 0 Å². The third-order valence-corrected chi connectivity index (χ3v) is 4.75. The summed E-state index contributed by atoms with van der Waals surface area (Å²) in [5.74, 6) is 1.82. The summed E-state index contributed by atoms with van der Waals surface area (Å²) in [4.78, 5) is 2.65. The summed E-state index contributed by atoms with van der Waals surface area (Å²) in [6, 6.07) is 12.6. The second kappa shape index (κ2) is 2.91. The quantitative estimate of drug-likeness (QED) is 0.509. The number of fused-ring (bicyclic) bond motifs is 5. The predicted octanol–water partition coefficient (Wildman–Crippen LogP) is 3.23. The smallest absolute Gasteiger partial charge is 0.0565 e. The number of benzene rings is 1. The lowest BCUT2D eigenvalue weighted by Gasteiger charge is -2.13. The third-order valence-electron chi connectivity index (χ3n) is 4.75. The highest BCUT2D eigenvalue weighted by Crippen LogP contribution is 2.61. The van der Waals surface area contributed by atoms with Gasteiger partial charge in [0.05, 0.1) is 12.1 Å². The molecule has 3 aliphatic rings. The summed E-state index contributed by atoms with van der Waals surface area (Å²) in [5.41, 5.74) is 3.16. The van der Waals surface area contributed by atoms with Gasteiger partial charge in [0, 0.05) is 11.6 Å². The predicted molar refractivity (Wildman–Crippen MR) is 66.5 cm³/mol. The van der Waals surface area contributed by atoms with Gasteiger partial charge in [-0.05, 0) is 37.8 Å². The minimum atomic E-state index is 0.840. The zero-order chi connectivity index (χ0) is 10.7. The van der Waals surface area contributed by atoms with E-state index in [1.165, 1.54) is 18.5 Å². The molecular weight excluding hydrogens is 194 g/mol. The van der Waals surface area contributed by atoms with Gasteiger partial charge in [-0.15, -0.1) is 0 Å². The van der Waals surface area contributed by atoms with Crippen molar-refractivity contribution in [2.75, 3.05) is 4.90 Å². The van der Waals surface area contributed by atoms with Gasteiger partial charge < -0.3 is 4.90 Å². The normalized spacial score (nSPS) is 41.6. The van der Waals surface area contributed by atoms with Crippen LogP contribution in [0, 0.1) is 11.8 Å². The maximum absolute atomic E-state index is 2.65. The lowest BCUT2D eigenvalue weighted by molar-refractivity contribution is 0.573. The molecule has 1 nitrogen and oxygen atoms in total. The van der Waals surface area contributed by atoms with E-state index in [4.69, 9.17) is 0 Å². The van der Waals surface area contributed by atoms with Crippen molar-refractivity contribution >= 4 is 5.69 Å². The van der Waals surface area contributed by atoms with E-state index in [1.807, 2.05) is 0 Å². The highest BCUT2D eigenvalue weighted by Gasteiger charge is 2.65. The zero-order valence-corrected chi connectivity index (χ0v) is 9.63. The highest BCUT2D eigenvalue weighted by atomic mass is 15.4. The van der Waals surface area contributed by atoms with Gasteiger partial charge in [0.15, 0.2) is 0 Å². The van der Waals surface area contributed by atoms with Gasteiger partial charge >= 0.3 is 0 Å². The second-order valence-corrected chi connectivity index (χ2v) is 5.39. The maximum Gasteiger partial charge on any atom is 0.0565 e. The van der Waals surface area contributed by atoms with Crippen molar-refractivity contribution in [1.29, 1.82) is 0 Å². The molecule has 1 aromatic carbocycles. The topological polar surface area (TPSA) is 3.01 Å². The number of allylic oxidation sites excluding steroid dienone is 1. The standard InChI is InChI=1S/C15H17N/c1-2-10-8-11-9-13(10)15-14(11)16(15)12-6-4-3-5-7-12/h2-7,11,13-15H,8-9H2,1H3/b10-2+. The summed E-state index contributed by atoms with van der Waals surface area (Å²) in [6.45, 7) is 2.21. The molecule has 1 heteroatoms. The summed E-state index contributed by atoms with van der Waals surface area (Å²) >= 11 is 0. The molecule has 0 aromatic heterocycles. The van der Waals surface area contributed by atoms with E-state index < -0.39 is 0 Å². The molecule has 3 fully saturated rings. The molecule has 4 rings (SSSR count). The fraction of sp³-hybridized carbons (Fsp3) is 0.467. The van der Waals surface area contributed by atoms with Crippen LogP contribution in [-0.4, -0.2) is 12.1 Å². The van der Waals surface area contributed by atoms with Gasteiger partial charge in [0.25, 0.3) is 0 Å². The molecule has 2 aliphatic carbocycles. The molecule has 0 radical (unpaired) electrons. The van der Waals surface area contributed by atoms with Crippen molar-refractivity contribution in [3.8, 4) is 0 Å². The lowest BCUT2D eigenvalue weighted by atomic mass is 9.95. The zero-order valence-electron chi connectivity index (χ0n) is 9.63. The van der Waals surface area contributed by atoms with Crippen LogP contribution in [0.5, 0.6) is 0 Å². The number of hydrogen-bond acceptors (Lipinski definition) is 1. The number of para-hydroxylation sites is 1. The van der Waals surface area contributed by atoms with Crippen LogP contribution >= 0.6 is 0 Å². The lowest BCUT2D eigenvalue weighted by Crippen LogP contribution is -2.11. The van der Waals surface area contributed by atoms with Crippen molar-refractivity contribution < 1.29 is 0 Å². The Morgan fingerprint density at radius 2 is 2.00 bits per heavy atom. The van der Waals surface area contributed by atoms with Gasteiger partial charge in [-0.2, -0.15) is 0 Å². The molecule has 0 N–H and O–H groups in total. The Labute approximate surface area is 96.8 Å². The number of hydrogen-bond donors (Lipinski definition) is 0. The van der Waals surface area contributed by atoms with E-state index in [0.717, 1.165) is 23.9 Å². The number of piperidine rings is 1. The first kappa shape index (κ1) is 8.86. The highest BCUT2D eigenvalue weighted by molar-refractivity contribution is 5.61. The van der Waals surface area contributed by atoms with Crippen LogP contribution in [-0.2, 0) is 0 Å². The maximum atomic E-state index is 2.65. The Hall–Kier alpha value is -1.24. The van der Waals surface area contributed by atoms with Crippen molar-refractivity contribution in [2.24, 2.45) is 11.8 Å². The van der Waals surface area contributed by atoms with E-state index in [9.17, 15) is 0 Å². The van der Waals surface area contributed by atoms with Crippen LogP contribution in [0.4, 0.5) is 5.69 Å². The van der Waals surface area contributed by atoms with Crippen molar-refractivity contribution in [3.63, 3.8) is 0 Å². The van der Waals surface area contributed by atoms with Crippen LogP contribution < -0.4 is 4.90 Å². The summed E-state index contributed by atoms with van der Waals surface area (Å²) < 4.78 is 0. The van der Waals surface area contributed by atoms with Crippen LogP contribution in [0.3, 0.4) is 0 Å². The van der Waals surface area contributed by atoms with Gasteiger partial charge in [0.1, 0.15) is 0 Å². The Morgan fingerprint density at radius 3 is 2.75 bits per heavy atom. The Balaban J connectivity index is 1.66. The SMILES string of the molecule is C/C=C1\CC2CC1C1C2N1c1ccccc1. The van der Waals surface area contributed by atoms with E-state index in [0.29, 0.717) is 0 Å². The first-order valence-corrected chi connectivity index (χ1v) is 6.38. The van der Waals surface area contributed by atoms with Crippen molar-refractivity contribution in [2.45, 2.75) is 31.8 Å². The summed E-state index contributed by atoms with van der Waals surface area (Å²) in [5, 5.41) is 0. The fourth-order valence-electron chi connectivity index (χ4n) is 4.12. The third kappa shape index (κ3) is 0.965. The summed E-state index contributed by atoms with van der Waals surface area (Å²) in [6.07, 6.45) is 5.19. The minimum Gasteiger partial charge on any atom is -0.360 e. The van der Waals surface area contributed by atoms with Crippen LogP contribution in [0.1, 0.15) is 19.8 Å². The van der Waals surface area contributed by atoms with Crippen molar-refractivity contribution in [1.82, 2.24) is 0 Å². The minimum absolute atomic E-state index is 0.840. The van der Waals surface area contributed by atoms with E-state index >= 15 is 0 Å². The Morgan fingerprint density at radius 1 is 1.19 bits per heavy atom. The van der Waals surface area contributed by atoms with E-state index in [-0.39, 0.29) is 0 Å². The van der Waals surface area contributed by atoms with Crippen molar-refractivity contribution in [3.05, 3.63) is 42.0 Å². The molecule has 82 valence electrons. The van der Waals surface area contributed by atoms with Crippen LogP contribution in [0.15, 0.2) is 42.0 Å². The average molecular weight is 211 g/mol. The molecule has 16 heavy (non-hydrogen) atoms. The van der Waals surface area contributed by atoms with Gasteiger partial charge in [-0.3, -0.25) is 0 Å². The molecule has 0 spiro atoms. The molecule has 1 aromatic rings. The Bertz CT molecular complexity index is 448. The number of rotatable bonds is 1. The molecular formula is C15H17N. The van der Waals surface area contributed by atoms with Gasteiger partial charge in [0.2, 0.25) is 0 Å². The van der Waals surface area contributed by atoms with Crippen LogP contribution in [0.25, 0.3) is 0 Å². The fourth-order valence-corrected chi connectivity index (χ4v) is 4.12. The molecule has 0 amide bonds.